The van der Waals surface area contributed by atoms with Crippen molar-refractivity contribution in [2.45, 2.75) is 64.8 Å². The molecule has 2 atom stereocenters. The van der Waals surface area contributed by atoms with E-state index in [1.54, 1.807) is 0 Å². The fraction of sp³-hybridized carbons (Fsp3) is 0.750. The van der Waals surface area contributed by atoms with Crippen LogP contribution in [-0.4, -0.2) is 22.6 Å². The van der Waals surface area contributed by atoms with Crippen LogP contribution < -0.4 is 16.2 Å². The highest BCUT2D eigenvalue weighted by molar-refractivity contribution is 5.59. The van der Waals surface area contributed by atoms with Crippen molar-refractivity contribution in [3.05, 3.63) is 11.4 Å². The van der Waals surface area contributed by atoms with Crippen LogP contribution in [0.2, 0.25) is 0 Å². The smallest absolute Gasteiger partial charge is 0.148 e. The first-order valence-electron chi connectivity index (χ1n) is 8.35. The number of hydrazine groups is 1. The minimum absolute atomic E-state index is 0.663. The van der Waals surface area contributed by atoms with Gasteiger partial charge >= 0.3 is 0 Å². The Morgan fingerprint density at radius 1 is 1.19 bits per heavy atom. The second-order valence-electron chi connectivity index (χ2n) is 6.38. The maximum Gasteiger partial charge on any atom is 0.148 e. The first-order chi connectivity index (χ1) is 10.2. The number of aromatic nitrogens is 2. The summed E-state index contributed by atoms with van der Waals surface area (Å²) in [6, 6.07) is 0.663. The van der Waals surface area contributed by atoms with E-state index in [0.717, 1.165) is 41.9 Å². The van der Waals surface area contributed by atoms with Gasteiger partial charge in [0.15, 0.2) is 0 Å². The van der Waals surface area contributed by atoms with E-state index in [-0.39, 0.29) is 0 Å². The molecule has 3 rings (SSSR count). The van der Waals surface area contributed by atoms with Gasteiger partial charge in [0.25, 0.3) is 0 Å². The van der Waals surface area contributed by atoms with Crippen molar-refractivity contribution in [1.29, 1.82) is 0 Å². The van der Waals surface area contributed by atoms with Crippen LogP contribution in [0.25, 0.3) is 0 Å². The molecule has 1 saturated carbocycles. The first kappa shape index (κ1) is 14.6. The van der Waals surface area contributed by atoms with Gasteiger partial charge in [-0.2, -0.15) is 0 Å². The topological polar surface area (TPSA) is 67.1 Å². The van der Waals surface area contributed by atoms with E-state index in [4.69, 9.17) is 10.8 Å². The molecule has 5 heteroatoms. The molecule has 5 nitrogen and oxygen atoms in total. The van der Waals surface area contributed by atoms with Gasteiger partial charge in [-0.05, 0) is 38.5 Å². The number of hydrogen-bond donors (Lipinski definition) is 2. The number of aryl methyl sites for hydroxylation is 1. The van der Waals surface area contributed by atoms with Crippen LogP contribution in [-0.2, 0) is 6.42 Å². The summed E-state index contributed by atoms with van der Waals surface area (Å²) in [4.78, 5) is 11.9. The molecule has 0 spiro atoms. The summed E-state index contributed by atoms with van der Waals surface area (Å²) in [7, 11) is 0. The molecule has 3 N–H and O–H groups in total. The van der Waals surface area contributed by atoms with Crippen LogP contribution in [0.4, 0.5) is 11.6 Å². The molecular weight excluding hydrogens is 262 g/mol. The van der Waals surface area contributed by atoms with Gasteiger partial charge in [0.2, 0.25) is 0 Å². The van der Waals surface area contributed by atoms with E-state index in [1.165, 1.54) is 38.5 Å². The van der Waals surface area contributed by atoms with Gasteiger partial charge in [0.05, 0.1) is 0 Å². The number of nitrogens with zero attached hydrogens (tertiary/aromatic N) is 3. The summed E-state index contributed by atoms with van der Waals surface area (Å²) >= 11 is 0. The molecule has 0 radical (unpaired) electrons. The number of fused-ring (bicyclic) bond motifs is 1. The lowest BCUT2D eigenvalue weighted by molar-refractivity contribution is 0.242. The van der Waals surface area contributed by atoms with Crippen LogP contribution in [0.15, 0.2) is 0 Å². The maximum absolute atomic E-state index is 5.65. The molecule has 0 aromatic carbocycles. The number of rotatable bonds is 3. The van der Waals surface area contributed by atoms with Crippen molar-refractivity contribution in [3.63, 3.8) is 0 Å². The molecule has 2 heterocycles. The van der Waals surface area contributed by atoms with Crippen molar-refractivity contribution in [2.24, 2.45) is 11.8 Å². The zero-order chi connectivity index (χ0) is 14.8. The highest BCUT2D eigenvalue weighted by Crippen LogP contribution is 2.38. The van der Waals surface area contributed by atoms with Crippen LogP contribution >= 0.6 is 0 Å². The Kier molecular flexibility index (Phi) is 4.29. The summed E-state index contributed by atoms with van der Waals surface area (Å²) in [5, 5.41) is 0. The molecule has 2 fully saturated rings. The zero-order valence-electron chi connectivity index (χ0n) is 13.2. The highest BCUT2D eigenvalue weighted by atomic mass is 15.3. The highest BCUT2D eigenvalue weighted by Gasteiger charge is 2.34. The number of hydrogen-bond acceptors (Lipinski definition) is 5. The Morgan fingerprint density at radius 2 is 1.95 bits per heavy atom. The Bertz CT molecular complexity index is 500. The Labute approximate surface area is 127 Å². The normalized spacial score (nSPS) is 25.6. The van der Waals surface area contributed by atoms with E-state index < -0.39 is 0 Å². The molecule has 1 aromatic rings. The minimum Gasteiger partial charge on any atom is -0.353 e. The van der Waals surface area contributed by atoms with Crippen molar-refractivity contribution in [1.82, 2.24) is 9.97 Å². The monoisotopic (exact) mass is 289 g/mol. The Morgan fingerprint density at radius 3 is 2.71 bits per heavy atom. The van der Waals surface area contributed by atoms with Crippen molar-refractivity contribution >= 4 is 11.6 Å². The van der Waals surface area contributed by atoms with Gasteiger partial charge in [-0.1, -0.05) is 19.8 Å². The van der Waals surface area contributed by atoms with E-state index in [1.807, 2.05) is 0 Å². The third-order valence-electron chi connectivity index (χ3n) is 5.13. The van der Waals surface area contributed by atoms with Crippen LogP contribution in [0.5, 0.6) is 0 Å². The molecule has 0 bridgehead atoms. The lowest BCUT2D eigenvalue weighted by Crippen LogP contribution is -2.47. The maximum atomic E-state index is 5.65. The predicted molar refractivity (Wildman–Crippen MR) is 86.3 cm³/mol. The lowest BCUT2D eigenvalue weighted by atomic mass is 9.78. The Balaban J connectivity index is 1.97. The van der Waals surface area contributed by atoms with Gasteiger partial charge in [-0.15, -0.1) is 0 Å². The second kappa shape index (κ2) is 6.18. The van der Waals surface area contributed by atoms with Gasteiger partial charge in [-0.25, -0.2) is 15.8 Å². The Hall–Kier alpha value is -1.36. The fourth-order valence-electron chi connectivity index (χ4n) is 4.02. The van der Waals surface area contributed by atoms with Crippen molar-refractivity contribution in [3.8, 4) is 0 Å². The average molecular weight is 289 g/mol. The summed E-state index contributed by atoms with van der Waals surface area (Å²) in [6.07, 6.45) is 8.93. The summed E-state index contributed by atoms with van der Waals surface area (Å²) in [5.74, 6) is 9.25. The number of anilines is 2. The van der Waals surface area contributed by atoms with E-state index >= 15 is 0 Å². The van der Waals surface area contributed by atoms with E-state index in [9.17, 15) is 0 Å². The number of nitrogens with two attached hydrogens (primary N) is 1. The van der Waals surface area contributed by atoms with Gasteiger partial charge in [0, 0.05) is 24.6 Å². The summed E-state index contributed by atoms with van der Waals surface area (Å²) in [5.41, 5.74) is 3.83. The third kappa shape index (κ3) is 2.71. The van der Waals surface area contributed by atoms with Crippen LogP contribution in [0, 0.1) is 12.8 Å². The van der Waals surface area contributed by atoms with Crippen LogP contribution in [0.3, 0.4) is 0 Å². The summed E-state index contributed by atoms with van der Waals surface area (Å²) < 4.78 is 0. The van der Waals surface area contributed by atoms with E-state index in [0.29, 0.717) is 6.04 Å². The second-order valence-corrected chi connectivity index (χ2v) is 6.38. The largest absolute Gasteiger partial charge is 0.353 e. The van der Waals surface area contributed by atoms with E-state index in [2.05, 4.69) is 29.2 Å². The molecule has 1 aliphatic carbocycles. The van der Waals surface area contributed by atoms with Crippen molar-refractivity contribution in [2.75, 3.05) is 16.9 Å². The molecular formula is C16H27N5. The molecule has 1 aliphatic heterocycles. The minimum atomic E-state index is 0.663. The molecule has 1 saturated heterocycles. The number of nitrogens with one attached hydrogen (secondary N) is 1. The zero-order valence-corrected chi connectivity index (χ0v) is 13.2. The number of nitrogen functional groups attached to an aromatic ring is 1. The first-order valence-corrected chi connectivity index (χ1v) is 8.35. The summed E-state index contributed by atoms with van der Waals surface area (Å²) in [6.45, 7) is 5.29. The molecule has 2 aliphatic rings. The molecule has 21 heavy (non-hydrogen) atoms. The van der Waals surface area contributed by atoms with Gasteiger partial charge in [0.1, 0.15) is 17.5 Å². The van der Waals surface area contributed by atoms with Crippen molar-refractivity contribution < 1.29 is 0 Å². The molecule has 0 amide bonds. The fourth-order valence-corrected chi connectivity index (χ4v) is 4.02. The predicted octanol–water partition coefficient (Wildman–Crippen LogP) is 2.79. The SMILES string of the molecule is CCc1nc(NN)c(C)c(N2CCC[C@H]3CCCC[C@H]32)n1. The third-order valence-corrected chi connectivity index (χ3v) is 5.13. The average Bonchev–Trinajstić information content (AvgIpc) is 2.54. The molecule has 116 valence electrons. The molecule has 0 unspecified atom stereocenters. The number of piperidine rings is 1. The quantitative estimate of drug-likeness (QED) is 0.661. The van der Waals surface area contributed by atoms with Gasteiger partial charge < -0.3 is 10.3 Å². The van der Waals surface area contributed by atoms with Crippen LogP contribution in [0.1, 0.15) is 56.8 Å². The van der Waals surface area contributed by atoms with Gasteiger partial charge in [-0.3, -0.25) is 0 Å². The lowest BCUT2D eigenvalue weighted by Gasteiger charge is -2.45. The standard InChI is InChI=1S/C16H27N5/c1-3-14-18-15(20-17)11(2)16(19-14)21-10-6-8-12-7-4-5-9-13(12)21/h12-13H,3-10,17H2,1-2H3,(H,18,19,20)/t12-,13-/m1/s1. The molecule has 1 aromatic heterocycles.